The molecule has 0 amide bonds. The Kier molecular flexibility index (Phi) is 5.03. The Labute approximate surface area is 153 Å². The molecule has 0 atom stereocenters. The molecule has 1 saturated heterocycles. The van der Waals surface area contributed by atoms with Crippen molar-refractivity contribution < 1.29 is 9.26 Å². The van der Waals surface area contributed by atoms with Gasteiger partial charge in [0.25, 0.3) is 5.95 Å². The molecule has 4 rings (SSSR count). The van der Waals surface area contributed by atoms with Gasteiger partial charge < -0.3 is 14.2 Å². The zero-order valence-electron chi connectivity index (χ0n) is 15.4. The van der Waals surface area contributed by atoms with Crippen LogP contribution in [0, 0.1) is 0 Å². The second kappa shape index (κ2) is 7.59. The molecule has 0 bridgehead atoms. The molecule has 26 heavy (non-hydrogen) atoms. The summed E-state index contributed by atoms with van der Waals surface area (Å²) in [5.41, 5.74) is 1.97. The number of ether oxygens (including phenoxy) is 1. The Morgan fingerprint density at radius 3 is 2.88 bits per heavy atom. The normalized spacial score (nSPS) is 16.5. The molecule has 3 heterocycles. The predicted molar refractivity (Wildman–Crippen MR) is 102 cm³/mol. The molecule has 1 fully saturated rings. The first-order valence-corrected chi connectivity index (χ1v) is 9.26. The zero-order chi connectivity index (χ0) is 17.9. The molecule has 1 aliphatic heterocycles. The van der Waals surface area contributed by atoms with Gasteiger partial charge in [-0.05, 0) is 43.6 Å². The SMILES string of the molecule is Bc1nn(-c2noc(C3CCN(CCCOC)CC3)n2)c2ccccc12. The number of fused-ring (bicyclic) bond motifs is 1. The first-order valence-electron chi connectivity index (χ1n) is 9.26. The quantitative estimate of drug-likeness (QED) is 0.484. The van der Waals surface area contributed by atoms with Crippen molar-refractivity contribution in [2.45, 2.75) is 25.2 Å². The number of hydrogen-bond acceptors (Lipinski definition) is 6. The molecular formula is C18H24BN5O2. The van der Waals surface area contributed by atoms with E-state index in [1.807, 2.05) is 26.0 Å². The molecule has 0 N–H and O–H groups in total. The van der Waals surface area contributed by atoms with Crippen molar-refractivity contribution >= 4 is 24.3 Å². The van der Waals surface area contributed by atoms with Crippen LogP contribution in [0.15, 0.2) is 28.8 Å². The van der Waals surface area contributed by atoms with E-state index < -0.39 is 0 Å². The van der Waals surface area contributed by atoms with Crippen LogP contribution in [0.1, 0.15) is 31.1 Å². The molecule has 3 aromatic rings. The molecule has 2 aromatic heterocycles. The predicted octanol–water partition coefficient (Wildman–Crippen LogP) is 0.883. The van der Waals surface area contributed by atoms with E-state index in [9.17, 15) is 0 Å². The number of rotatable bonds is 6. The van der Waals surface area contributed by atoms with Crippen molar-refractivity contribution in [2.24, 2.45) is 0 Å². The summed E-state index contributed by atoms with van der Waals surface area (Å²) in [6, 6.07) is 8.11. The van der Waals surface area contributed by atoms with Crippen molar-refractivity contribution in [2.75, 3.05) is 33.4 Å². The number of benzene rings is 1. The Morgan fingerprint density at radius 1 is 1.27 bits per heavy atom. The van der Waals surface area contributed by atoms with E-state index in [0.29, 0.717) is 11.9 Å². The Balaban J connectivity index is 1.45. The van der Waals surface area contributed by atoms with Crippen LogP contribution in [0.2, 0.25) is 0 Å². The molecule has 1 aliphatic rings. The van der Waals surface area contributed by atoms with E-state index in [-0.39, 0.29) is 0 Å². The van der Waals surface area contributed by atoms with Crippen LogP contribution in [-0.4, -0.2) is 66.0 Å². The maximum atomic E-state index is 5.59. The van der Waals surface area contributed by atoms with Crippen LogP contribution in [0.3, 0.4) is 0 Å². The van der Waals surface area contributed by atoms with Crippen molar-refractivity contribution in [1.82, 2.24) is 24.8 Å². The summed E-state index contributed by atoms with van der Waals surface area (Å²) in [5, 5.41) is 9.89. The monoisotopic (exact) mass is 353 g/mol. The average molecular weight is 353 g/mol. The first kappa shape index (κ1) is 17.2. The molecule has 0 spiro atoms. The summed E-state index contributed by atoms with van der Waals surface area (Å²) >= 11 is 0. The van der Waals surface area contributed by atoms with Crippen LogP contribution in [0.4, 0.5) is 0 Å². The number of methoxy groups -OCH3 is 1. The summed E-state index contributed by atoms with van der Waals surface area (Å²) in [6.45, 7) is 4.05. The van der Waals surface area contributed by atoms with Crippen LogP contribution >= 0.6 is 0 Å². The van der Waals surface area contributed by atoms with Gasteiger partial charge in [-0.15, -0.1) is 0 Å². The topological polar surface area (TPSA) is 69.2 Å². The lowest BCUT2D eigenvalue weighted by atomic mass is 9.97. The van der Waals surface area contributed by atoms with Gasteiger partial charge in [0, 0.05) is 37.2 Å². The summed E-state index contributed by atoms with van der Waals surface area (Å²) in [6.07, 6.45) is 3.18. The van der Waals surface area contributed by atoms with Crippen molar-refractivity contribution in [3.8, 4) is 5.95 Å². The van der Waals surface area contributed by atoms with E-state index in [1.165, 1.54) is 0 Å². The fraction of sp³-hybridized carbons (Fsp3) is 0.500. The fourth-order valence-electron chi connectivity index (χ4n) is 3.69. The zero-order valence-corrected chi connectivity index (χ0v) is 15.4. The summed E-state index contributed by atoms with van der Waals surface area (Å²) in [5.74, 6) is 1.58. The molecular weight excluding hydrogens is 329 g/mol. The lowest BCUT2D eigenvalue weighted by molar-refractivity contribution is 0.152. The highest BCUT2D eigenvalue weighted by Crippen LogP contribution is 2.27. The van der Waals surface area contributed by atoms with Gasteiger partial charge in [0.2, 0.25) is 5.89 Å². The van der Waals surface area contributed by atoms with Crippen LogP contribution in [0.25, 0.3) is 16.9 Å². The highest BCUT2D eigenvalue weighted by molar-refractivity contribution is 6.37. The standard InChI is InChI=1S/C18H24BN5O2/c1-25-12-4-9-23-10-7-13(8-11-23)17-20-18(22-26-17)24-15-6-3-2-5-14(15)16(19)21-24/h2-3,5-6,13H,4,7-12,19H2,1H3. The molecule has 7 nitrogen and oxygen atoms in total. The molecule has 0 radical (unpaired) electrons. The second-order valence-corrected chi connectivity index (χ2v) is 6.91. The Hall–Kier alpha value is -2.19. The maximum absolute atomic E-state index is 5.59. The van der Waals surface area contributed by atoms with Crippen LogP contribution in [0.5, 0.6) is 0 Å². The average Bonchev–Trinajstić information content (AvgIpc) is 3.28. The number of likely N-dealkylation sites (tertiary alicyclic amines) is 1. The van der Waals surface area contributed by atoms with Gasteiger partial charge in [-0.3, -0.25) is 0 Å². The van der Waals surface area contributed by atoms with E-state index in [0.717, 1.165) is 67.9 Å². The lowest BCUT2D eigenvalue weighted by Crippen LogP contribution is -2.34. The maximum Gasteiger partial charge on any atom is 0.291 e. The van der Waals surface area contributed by atoms with Gasteiger partial charge >= 0.3 is 0 Å². The van der Waals surface area contributed by atoms with E-state index in [4.69, 9.17) is 9.26 Å². The third kappa shape index (κ3) is 3.39. The van der Waals surface area contributed by atoms with Gasteiger partial charge in [0.1, 0.15) is 0 Å². The van der Waals surface area contributed by atoms with Crippen molar-refractivity contribution in [3.05, 3.63) is 30.2 Å². The minimum absolute atomic E-state index is 0.331. The van der Waals surface area contributed by atoms with E-state index in [1.54, 1.807) is 11.8 Å². The molecule has 1 aromatic carbocycles. The van der Waals surface area contributed by atoms with Gasteiger partial charge in [-0.25, -0.2) is 0 Å². The van der Waals surface area contributed by atoms with Crippen molar-refractivity contribution in [1.29, 1.82) is 0 Å². The largest absolute Gasteiger partial charge is 0.385 e. The summed E-state index contributed by atoms with van der Waals surface area (Å²) < 4.78 is 12.5. The third-order valence-electron chi connectivity index (χ3n) is 5.15. The van der Waals surface area contributed by atoms with Crippen LogP contribution in [-0.2, 0) is 4.74 Å². The number of para-hydroxylation sites is 1. The Morgan fingerprint density at radius 2 is 2.08 bits per heavy atom. The highest BCUT2D eigenvalue weighted by atomic mass is 16.5. The molecule has 0 aliphatic carbocycles. The lowest BCUT2D eigenvalue weighted by Gasteiger charge is -2.30. The number of hydrogen-bond donors (Lipinski definition) is 0. The molecule has 136 valence electrons. The van der Waals surface area contributed by atoms with Gasteiger partial charge in [-0.1, -0.05) is 18.2 Å². The summed E-state index contributed by atoms with van der Waals surface area (Å²) in [7, 11) is 3.75. The number of piperidine rings is 1. The Bertz CT molecular complexity index is 869. The van der Waals surface area contributed by atoms with Crippen molar-refractivity contribution in [3.63, 3.8) is 0 Å². The minimum Gasteiger partial charge on any atom is -0.385 e. The summed E-state index contributed by atoms with van der Waals surface area (Å²) in [4.78, 5) is 7.14. The first-order chi connectivity index (χ1) is 12.8. The highest BCUT2D eigenvalue weighted by Gasteiger charge is 2.25. The van der Waals surface area contributed by atoms with Gasteiger partial charge in [-0.2, -0.15) is 14.8 Å². The minimum atomic E-state index is 0.331. The van der Waals surface area contributed by atoms with E-state index >= 15 is 0 Å². The smallest absolute Gasteiger partial charge is 0.291 e. The number of nitrogens with zero attached hydrogens (tertiary/aromatic N) is 5. The number of aromatic nitrogens is 4. The van der Waals surface area contributed by atoms with Gasteiger partial charge in [0.15, 0.2) is 7.85 Å². The van der Waals surface area contributed by atoms with Gasteiger partial charge in [0.05, 0.1) is 5.52 Å². The molecule has 8 heteroatoms. The van der Waals surface area contributed by atoms with E-state index in [2.05, 4.69) is 26.2 Å². The van der Waals surface area contributed by atoms with Crippen LogP contribution < -0.4 is 5.59 Å². The third-order valence-corrected chi connectivity index (χ3v) is 5.15. The fourth-order valence-corrected chi connectivity index (χ4v) is 3.69. The molecule has 0 unspecified atom stereocenters. The molecule has 0 saturated carbocycles. The second-order valence-electron chi connectivity index (χ2n) is 6.91.